The lowest BCUT2D eigenvalue weighted by molar-refractivity contribution is -0.134. The van der Waals surface area contributed by atoms with Crippen molar-refractivity contribution in [1.29, 1.82) is 0 Å². The van der Waals surface area contributed by atoms with Crippen LogP contribution in [0.3, 0.4) is 0 Å². The van der Waals surface area contributed by atoms with Gasteiger partial charge < -0.3 is 24.8 Å². The Morgan fingerprint density at radius 2 is 1.64 bits per heavy atom. The van der Waals surface area contributed by atoms with E-state index in [1.165, 1.54) is 0 Å². The highest BCUT2D eigenvalue weighted by Crippen LogP contribution is 2.33. The zero-order valence-electron chi connectivity index (χ0n) is 24.8. The van der Waals surface area contributed by atoms with Crippen LogP contribution in [0.2, 0.25) is 0 Å². The first kappa shape index (κ1) is 31.3. The molecule has 4 atom stereocenters. The summed E-state index contributed by atoms with van der Waals surface area (Å²) in [6.07, 6.45) is 0.151. The van der Waals surface area contributed by atoms with E-state index in [1.54, 1.807) is 33.1 Å². The summed E-state index contributed by atoms with van der Waals surface area (Å²) in [4.78, 5) is 55.2. The van der Waals surface area contributed by atoms with E-state index in [0.717, 1.165) is 11.1 Å². The van der Waals surface area contributed by atoms with Gasteiger partial charge in [-0.3, -0.25) is 24.1 Å². The number of methoxy groups -OCH3 is 1. The SMILES string of the molecule is COc1ccc(C[C@H](CC(=O)[C@H](C)NC(=O)CN2CCOCC2)C(=O)N[C@@H](C(=O)[C@@]2(C)CO2)c2ccc(C)cc2)cc1. The lowest BCUT2D eigenvalue weighted by Crippen LogP contribution is -2.48. The van der Waals surface area contributed by atoms with E-state index >= 15 is 0 Å². The number of nitrogens with one attached hydrogen (secondary N) is 2. The summed E-state index contributed by atoms with van der Waals surface area (Å²) >= 11 is 0. The highest BCUT2D eigenvalue weighted by Gasteiger charge is 2.50. The molecule has 2 fully saturated rings. The van der Waals surface area contributed by atoms with Crippen LogP contribution in [0.5, 0.6) is 5.75 Å². The number of epoxide rings is 1. The molecule has 2 amide bonds. The number of hydrogen-bond acceptors (Lipinski definition) is 8. The summed E-state index contributed by atoms with van der Waals surface area (Å²) in [5, 5.41) is 5.71. The van der Waals surface area contributed by atoms with Gasteiger partial charge in [-0.05, 0) is 50.5 Å². The van der Waals surface area contributed by atoms with Crippen LogP contribution in [0.15, 0.2) is 48.5 Å². The van der Waals surface area contributed by atoms with Gasteiger partial charge in [-0.15, -0.1) is 0 Å². The maximum absolute atomic E-state index is 13.8. The Hall–Kier alpha value is -3.60. The van der Waals surface area contributed by atoms with Crippen LogP contribution in [0.1, 0.15) is 43.0 Å². The van der Waals surface area contributed by atoms with E-state index in [0.29, 0.717) is 44.2 Å². The third kappa shape index (κ3) is 8.47. The number of hydrogen-bond donors (Lipinski definition) is 2. The Bertz CT molecular complexity index is 1250. The quantitative estimate of drug-likeness (QED) is 0.326. The Labute approximate surface area is 247 Å². The second-order valence-corrected chi connectivity index (χ2v) is 11.3. The van der Waals surface area contributed by atoms with Gasteiger partial charge in [-0.2, -0.15) is 0 Å². The largest absolute Gasteiger partial charge is 0.497 e. The minimum absolute atomic E-state index is 0.112. The first-order chi connectivity index (χ1) is 20.1. The van der Waals surface area contributed by atoms with Crippen molar-refractivity contribution in [3.05, 3.63) is 65.2 Å². The Morgan fingerprint density at radius 3 is 2.24 bits per heavy atom. The van der Waals surface area contributed by atoms with Crippen molar-refractivity contribution in [3.8, 4) is 5.75 Å². The molecule has 0 unspecified atom stereocenters. The molecule has 0 bridgehead atoms. The molecular weight excluding hydrogens is 538 g/mol. The number of benzene rings is 2. The van der Waals surface area contributed by atoms with Gasteiger partial charge in [0.2, 0.25) is 11.8 Å². The number of carbonyl (C=O) groups is 4. The van der Waals surface area contributed by atoms with Gasteiger partial charge in [-0.25, -0.2) is 0 Å². The zero-order valence-corrected chi connectivity index (χ0v) is 24.8. The summed E-state index contributed by atoms with van der Waals surface area (Å²) < 4.78 is 16.0. The molecule has 42 heavy (non-hydrogen) atoms. The minimum Gasteiger partial charge on any atom is -0.497 e. The molecule has 10 heteroatoms. The standard InChI is InChI=1S/C32H41N3O7/c1-21-5-9-24(10-6-21)29(30(38)32(3)20-42-32)34-31(39)25(17-23-7-11-26(40-4)12-8-23)18-27(36)22(2)33-28(37)19-35-13-15-41-16-14-35/h5-12,22,25,29H,13-20H2,1-4H3,(H,33,37)(H,34,39)/t22-,25+,29+,32+/m0/s1. The van der Waals surface area contributed by atoms with Gasteiger partial charge in [0.05, 0.1) is 39.5 Å². The molecule has 2 N–H and O–H groups in total. The fourth-order valence-corrected chi connectivity index (χ4v) is 4.93. The van der Waals surface area contributed by atoms with E-state index in [-0.39, 0.29) is 36.9 Å². The number of aryl methyl sites for hydroxylation is 1. The van der Waals surface area contributed by atoms with Crippen LogP contribution in [-0.2, 0) is 35.1 Å². The number of Topliss-reactive ketones (excluding diaryl/α,β-unsaturated/α-hetero) is 2. The van der Waals surface area contributed by atoms with Crippen LogP contribution in [0, 0.1) is 12.8 Å². The number of rotatable bonds is 14. The second kappa shape index (κ2) is 14.0. The normalized spacial score (nSPS) is 20.6. The van der Waals surface area contributed by atoms with Crippen LogP contribution >= 0.6 is 0 Å². The molecular formula is C32H41N3O7. The fourth-order valence-electron chi connectivity index (χ4n) is 4.93. The molecule has 0 aromatic heterocycles. The third-order valence-electron chi connectivity index (χ3n) is 7.85. The summed E-state index contributed by atoms with van der Waals surface area (Å²) in [7, 11) is 1.57. The molecule has 2 aliphatic rings. The molecule has 2 aromatic rings. The lowest BCUT2D eigenvalue weighted by atomic mass is 9.89. The second-order valence-electron chi connectivity index (χ2n) is 11.3. The molecule has 0 aliphatic carbocycles. The number of amides is 2. The van der Waals surface area contributed by atoms with Gasteiger partial charge in [0.25, 0.3) is 0 Å². The summed E-state index contributed by atoms with van der Waals surface area (Å²) in [6, 6.07) is 13.0. The number of nitrogens with zero attached hydrogens (tertiary/aromatic N) is 1. The number of ether oxygens (including phenoxy) is 3. The Kier molecular flexibility index (Phi) is 10.5. The van der Waals surface area contributed by atoms with E-state index in [1.807, 2.05) is 48.2 Å². The highest BCUT2D eigenvalue weighted by atomic mass is 16.6. The smallest absolute Gasteiger partial charge is 0.234 e. The predicted molar refractivity (Wildman–Crippen MR) is 156 cm³/mol. The molecule has 4 rings (SSSR count). The van der Waals surface area contributed by atoms with Crippen molar-refractivity contribution in [1.82, 2.24) is 15.5 Å². The van der Waals surface area contributed by atoms with Gasteiger partial charge >= 0.3 is 0 Å². The first-order valence-electron chi connectivity index (χ1n) is 14.4. The molecule has 2 heterocycles. The third-order valence-corrected chi connectivity index (χ3v) is 7.85. The molecule has 2 aromatic carbocycles. The maximum Gasteiger partial charge on any atom is 0.234 e. The van der Waals surface area contributed by atoms with Crippen molar-refractivity contribution in [2.45, 2.75) is 51.3 Å². The van der Waals surface area contributed by atoms with Gasteiger partial charge in [-0.1, -0.05) is 42.0 Å². The van der Waals surface area contributed by atoms with Crippen LogP contribution in [-0.4, -0.2) is 86.5 Å². The van der Waals surface area contributed by atoms with Gasteiger partial charge in [0, 0.05) is 25.4 Å². The van der Waals surface area contributed by atoms with E-state index < -0.39 is 29.5 Å². The topological polar surface area (TPSA) is 127 Å². The number of morpholine rings is 1. The highest BCUT2D eigenvalue weighted by molar-refractivity contribution is 5.98. The van der Waals surface area contributed by atoms with Crippen LogP contribution in [0.4, 0.5) is 0 Å². The van der Waals surface area contributed by atoms with Crippen LogP contribution in [0.25, 0.3) is 0 Å². The fraction of sp³-hybridized carbons (Fsp3) is 0.500. The summed E-state index contributed by atoms with van der Waals surface area (Å²) in [6.45, 7) is 8.21. The molecule has 2 aliphatic heterocycles. The molecule has 0 radical (unpaired) electrons. The van der Waals surface area contributed by atoms with Crippen molar-refractivity contribution in [2.75, 3.05) is 46.6 Å². The number of carbonyl (C=O) groups excluding carboxylic acids is 4. The van der Waals surface area contributed by atoms with E-state index in [4.69, 9.17) is 14.2 Å². The van der Waals surface area contributed by atoms with E-state index in [2.05, 4.69) is 10.6 Å². The average Bonchev–Trinajstić information content (AvgIpc) is 3.74. The monoisotopic (exact) mass is 579 g/mol. The average molecular weight is 580 g/mol. The maximum atomic E-state index is 13.8. The van der Waals surface area contributed by atoms with Crippen molar-refractivity contribution in [2.24, 2.45) is 5.92 Å². The Morgan fingerprint density at radius 1 is 1.00 bits per heavy atom. The number of ketones is 2. The first-order valence-corrected chi connectivity index (χ1v) is 14.4. The summed E-state index contributed by atoms with van der Waals surface area (Å²) in [5.41, 5.74) is 1.55. The lowest BCUT2D eigenvalue weighted by Gasteiger charge is -2.27. The summed E-state index contributed by atoms with van der Waals surface area (Å²) in [5.74, 6) is -1.29. The predicted octanol–water partition coefficient (Wildman–Crippen LogP) is 2.17. The van der Waals surface area contributed by atoms with Crippen molar-refractivity contribution >= 4 is 23.4 Å². The van der Waals surface area contributed by atoms with Crippen molar-refractivity contribution in [3.63, 3.8) is 0 Å². The van der Waals surface area contributed by atoms with Crippen molar-refractivity contribution < 1.29 is 33.4 Å². The Balaban J connectivity index is 1.49. The molecule has 226 valence electrons. The molecule has 2 saturated heterocycles. The molecule has 0 saturated carbocycles. The molecule has 10 nitrogen and oxygen atoms in total. The molecule has 0 spiro atoms. The zero-order chi connectivity index (χ0) is 30.3. The van der Waals surface area contributed by atoms with E-state index in [9.17, 15) is 19.2 Å². The minimum atomic E-state index is -0.955. The van der Waals surface area contributed by atoms with Gasteiger partial charge in [0.1, 0.15) is 17.4 Å². The van der Waals surface area contributed by atoms with Gasteiger partial charge in [0.15, 0.2) is 11.6 Å². The van der Waals surface area contributed by atoms with Crippen LogP contribution < -0.4 is 15.4 Å².